The number of nitrogens with zero attached hydrogens (tertiary/aromatic N) is 3. The molecule has 13 heteroatoms. The molecule has 1 aliphatic heterocycles. The number of nitro benzene ring substituents is 1. The molecule has 0 radical (unpaired) electrons. The summed E-state index contributed by atoms with van der Waals surface area (Å²) in [5.74, 6) is -1.60. The van der Waals surface area contributed by atoms with E-state index in [4.69, 9.17) is 18.9 Å². The summed E-state index contributed by atoms with van der Waals surface area (Å²) in [7, 11) is 3.31. The lowest BCUT2D eigenvalue weighted by molar-refractivity contribution is -0.384. The topological polar surface area (TPSA) is 153 Å². The van der Waals surface area contributed by atoms with E-state index in [-0.39, 0.29) is 36.6 Å². The first kappa shape index (κ1) is 29.6. The van der Waals surface area contributed by atoms with Crippen molar-refractivity contribution in [1.29, 1.82) is 0 Å². The molecule has 2 amide bonds. The summed E-state index contributed by atoms with van der Waals surface area (Å²) in [5.41, 5.74) is 2.43. The van der Waals surface area contributed by atoms with Crippen LogP contribution in [0.5, 0.6) is 0 Å². The number of hydrogen-bond acceptors (Lipinski definition) is 9. The number of para-hydroxylation sites is 1. The van der Waals surface area contributed by atoms with Crippen molar-refractivity contribution in [2.45, 2.75) is 13.2 Å². The molecule has 0 aliphatic carbocycles. The molecule has 0 saturated carbocycles. The highest BCUT2D eigenvalue weighted by Gasteiger charge is 2.35. The minimum Gasteiger partial charge on any atom is -0.444 e. The highest BCUT2D eigenvalue weighted by molar-refractivity contribution is 6.50. The maximum Gasteiger partial charge on any atom is 0.309 e. The number of aryl methyl sites for hydroxylation is 1. The van der Waals surface area contributed by atoms with Gasteiger partial charge in [0.1, 0.15) is 0 Å². The Balaban J connectivity index is 1.39. The van der Waals surface area contributed by atoms with Gasteiger partial charge in [0.25, 0.3) is 17.5 Å². The minimum absolute atomic E-state index is 0.0512. The second-order valence-electron chi connectivity index (χ2n) is 9.79. The number of rotatable bonds is 14. The number of imide groups is 1. The smallest absolute Gasteiger partial charge is 0.309 e. The third kappa shape index (κ3) is 6.18. The van der Waals surface area contributed by atoms with E-state index in [1.54, 1.807) is 41.8 Å². The van der Waals surface area contributed by atoms with Gasteiger partial charge in [-0.1, -0.05) is 18.2 Å². The van der Waals surface area contributed by atoms with Gasteiger partial charge in [0.2, 0.25) is 0 Å². The predicted molar refractivity (Wildman–Crippen MR) is 156 cm³/mol. The van der Waals surface area contributed by atoms with Crippen LogP contribution in [0, 0.1) is 10.1 Å². The van der Waals surface area contributed by atoms with Crippen molar-refractivity contribution in [3.05, 3.63) is 76.1 Å². The average molecular weight is 591 g/mol. The summed E-state index contributed by atoms with van der Waals surface area (Å²) in [6.07, 6.45) is 3.40. The third-order valence-corrected chi connectivity index (χ3v) is 7.06. The number of esters is 1. The molecule has 224 valence electrons. The third-order valence-electron chi connectivity index (χ3n) is 7.06. The maximum absolute atomic E-state index is 13.2. The second-order valence-corrected chi connectivity index (χ2v) is 9.79. The lowest BCUT2D eigenvalue weighted by Gasteiger charge is -2.08. The van der Waals surface area contributed by atoms with Gasteiger partial charge in [-0.25, -0.2) is 0 Å². The average Bonchev–Trinajstić information content (AvgIpc) is 3.62. The summed E-state index contributed by atoms with van der Waals surface area (Å²) in [5, 5.41) is 15.0. The second kappa shape index (κ2) is 13.0. The van der Waals surface area contributed by atoms with Gasteiger partial charge < -0.3 is 28.1 Å². The molecule has 13 nitrogen and oxygen atoms in total. The molecule has 2 aromatic heterocycles. The Bertz CT molecular complexity index is 1750. The van der Waals surface area contributed by atoms with Crippen LogP contribution < -0.4 is 5.32 Å². The summed E-state index contributed by atoms with van der Waals surface area (Å²) >= 11 is 0. The van der Waals surface area contributed by atoms with E-state index in [1.807, 2.05) is 24.3 Å². The Morgan fingerprint density at radius 2 is 1.53 bits per heavy atom. The van der Waals surface area contributed by atoms with Gasteiger partial charge in [0, 0.05) is 60.6 Å². The number of benzene rings is 2. The molecule has 4 aromatic rings. The van der Waals surface area contributed by atoms with Gasteiger partial charge in [-0.15, -0.1) is 0 Å². The van der Waals surface area contributed by atoms with E-state index >= 15 is 0 Å². The molecule has 1 N–H and O–H groups in total. The zero-order valence-electron chi connectivity index (χ0n) is 23.7. The molecule has 43 heavy (non-hydrogen) atoms. The SMILES string of the molecule is COCCOCCOCCC(=O)OCn1cc(C2=C(c3cn(C)c4cc([N+](=O)[O-])ccc34)C(=O)NC2=O)c2ccccc21. The van der Waals surface area contributed by atoms with Crippen molar-refractivity contribution in [1.82, 2.24) is 14.5 Å². The number of carbonyl (C=O) groups excluding carboxylic acids is 3. The van der Waals surface area contributed by atoms with Crippen LogP contribution in [0.1, 0.15) is 17.5 Å². The van der Waals surface area contributed by atoms with Crippen LogP contribution in [0.25, 0.3) is 33.0 Å². The van der Waals surface area contributed by atoms with Gasteiger partial charge in [0.05, 0.1) is 66.6 Å². The number of hydrogen-bond donors (Lipinski definition) is 1. The largest absolute Gasteiger partial charge is 0.444 e. The number of fused-ring (bicyclic) bond motifs is 2. The predicted octanol–water partition coefficient (Wildman–Crippen LogP) is 3.18. The highest BCUT2D eigenvalue weighted by atomic mass is 16.6. The number of non-ortho nitro benzene ring substituents is 1. The number of methoxy groups -OCH3 is 1. The van der Waals surface area contributed by atoms with Gasteiger partial charge in [-0.05, 0) is 12.1 Å². The molecular weight excluding hydrogens is 560 g/mol. The number of aromatic nitrogens is 2. The first-order chi connectivity index (χ1) is 20.8. The van der Waals surface area contributed by atoms with Crippen molar-refractivity contribution in [3.8, 4) is 0 Å². The molecule has 0 spiro atoms. The zero-order valence-corrected chi connectivity index (χ0v) is 23.7. The van der Waals surface area contributed by atoms with E-state index in [0.717, 1.165) is 0 Å². The van der Waals surface area contributed by atoms with Crippen LogP contribution in [0.3, 0.4) is 0 Å². The van der Waals surface area contributed by atoms with Crippen molar-refractivity contribution in [2.75, 3.05) is 40.1 Å². The van der Waals surface area contributed by atoms with Crippen LogP contribution in [0.15, 0.2) is 54.9 Å². The van der Waals surface area contributed by atoms with Gasteiger partial charge >= 0.3 is 5.97 Å². The van der Waals surface area contributed by atoms with Crippen LogP contribution in [-0.2, 0) is 47.1 Å². The number of ether oxygens (including phenoxy) is 4. The minimum atomic E-state index is -0.571. The van der Waals surface area contributed by atoms with E-state index in [1.165, 1.54) is 12.1 Å². The van der Waals surface area contributed by atoms with Crippen molar-refractivity contribution in [3.63, 3.8) is 0 Å². The Morgan fingerprint density at radius 1 is 0.884 bits per heavy atom. The highest BCUT2D eigenvalue weighted by Crippen LogP contribution is 2.39. The summed E-state index contributed by atoms with van der Waals surface area (Å²) in [6.45, 7) is 1.76. The number of carbonyl (C=O) groups is 3. The van der Waals surface area contributed by atoms with Gasteiger partial charge in [0.15, 0.2) is 6.73 Å². The van der Waals surface area contributed by atoms with E-state index < -0.39 is 22.7 Å². The fraction of sp³-hybridized carbons (Fsp3) is 0.300. The molecule has 1 aliphatic rings. The first-order valence-corrected chi connectivity index (χ1v) is 13.5. The maximum atomic E-state index is 13.2. The van der Waals surface area contributed by atoms with Crippen molar-refractivity contribution >= 4 is 56.4 Å². The Kier molecular flexibility index (Phi) is 8.95. The van der Waals surface area contributed by atoms with Crippen molar-refractivity contribution < 1.29 is 38.3 Å². The molecule has 0 fully saturated rings. The van der Waals surface area contributed by atoms with Gasteiger partial charge in [-0.2, -0.15) is 0 Å². The molecular formula is C30H30N4O9. The van der Waals surface area contributed by atoms with E-state index in [2.05, 4.69) is 5.32 Å². The molecule has 0 unspecified atom stereocenters. The first-order valence-electron chi connectivity index (χ1n) is 13.5. The summed E-state index contributed by atoms with van der Waals surface area (Å²) < 4.78 is 24.5. The monoisotopic (exact) mass is 590 g/mol. The zero-order chi connectivity index (χ0) is 30.5. The normalized spacial score (nSPS) is 13.3. The van der Waals surface area contributed by atoms with Crippen LogP contribution in [0.2, 0.25) is 0 Å². The molecule has 0 bridgehead atoms. The fourth-order valence-electron chi connectivity index (χ4n) is 5.04. The Labute approximate surface area is 245 Å². The van der Waals surface area contributed by atoms with E-state index in [0.29, 0.717) is 59.4 Å². The number of nitro groups is 1. The molecule has 5 rings (SSSR count). The lowest BCUT2D eigenvalue weighted by atomic mass is 9.95. The molecule has 0 atom stereocenters. The lowest BCUT2D eigenvalue weighted by Crippen LogP contribution is -2.22. The Hall–Kier alpha value is -4.85. The Morgan fingerprint density at radius 3 is 2.26 bits per heavy atom. The quantitative estimate of drug-likeness (QED) is 0.0767. The summed E-state index contributed by atoms with van der Waals surface area (Å²) in [6, 6.07) is 11.6. The molecule has 3 heterocycles. The molecule has 0 saturated heterocycles. The standard InChI is InChI=1S/C30H30N4O9/c1-32-16-22(21-8-7-19(34(38)39)15-25(21)32)27-28(30(37)31-29(27)36)23-17-33(24-6-4-3-5-20(23)24)18-43-26(35)9-10-41-13-14-42-12-11-40-2/h3-8,15-17H,9-14,18H2,1-2H3,(H,31,36,37). The number of amides is 2. The molecule has 2 aromatic carbocycles. The van der Waals surface area contributed by atoms with Gasteiger partial charge in [-0.3, -0.25) is 29.8 Å². The van der Waals surface area contributed by atoms with E-state index in [9.17, 15) is 24.5 Å². The van der Waals surface area contributed by atoms with Crippen LogP contribution >= 0.6 is 0 Å². The fourth-order valence-corrected chi connectivity index (χ4v) is 5.04. The number of nitrogens with one attached hydrogen (secondary N) is 1. The van der Waals surface area contributed by atoms with Crippen molar-refractivity contribution in [2.24, 2.45) is 7.05 Å². The van der Waals surface area contributed by atoms with Crippen LogP contribution in [0.4, 0.5) is 5.69 Å². The van der Waals surface area contributed by atoms with Crippen LogP contribution in [-0.4, -0.2) is 72.0 Å². The summed E-state index contributed by atoms with van der Waals surface area (Å²) in [4.78, 5) is 49.6.